The molecule has 1 aromatic heterocycles. The third-order valence-corrected chi connectivity index (χ3v) is 2.22. The van der Waals surface area contributed by atoms with E-state index in [-0.39, 0.29) is 5.54 Å². The van der Waals surface area contributed by atoms with Gasteiger partial charge in [-0.2, -0.15) is 0 Å². The summed E-state index contributed by atoms with van der Waals surface area (Å²) in [7, 11) is 1.68. The Bertz CT molecular complexity index is 272. The Labute approximate surface area is 82.1 Å². The van der Waals surface area contributed by atoms with Crippen molar-refractivity contribution >= 4 is 21.5 Å². The van der Waals surface area contributed by atoms with E-state index in [2.05, 4.69) is 10.3 Å². The Morgan fingerprint density at radius 3 is 2.85 bits per heavy atom. The average Bonchev–Trinajstić information content (AvgIpc) is 2.34. The number of anilines is 2. The lowest BCUT2D eigenvalue weighted by atomic mass is 10.1. The minimum atomic E-state index is -0.112. The lowest BCUT2D eigenvalue weighted by molar-refractivity contribution is 0.158. The quantitative estimate of drug-likeness (QED) is 0.776. The minimum Gasteiger partial charge on any atom is -0.389 e. The standard InChI is InChI=1S/C8H15N3OS/c1-8(2,5-12-3)11-7-10-4-6(9)13-7/h4H,5,9H2,1-3H3,(H,10,11). The highest BCUT2D eigenvalue weighted by Crippen LogP contribution is 2.23. The molecule has 1 aromatic rings. The lowest BCUT2D eigenvalue weighted by Gasteiger charge is -2.24. The normalized spacial score (nSPS) is 11.6. The Kier molecular flexibility index (Phi) is 3.11. The maximum Gasteiger partial charge on any atom is 0.185 e. The molecule has 0 unspecified atom stereocenters. The Morgan fingerprint density at radius 2 is 2.38 bits per heavy atom. The zero-order valence-electron chi connectivity index (χ0n) is 8.13. The van der Waals surface area contributed by atoms with Crippen LogP contribution in [0, 0.1) is 0 Å². The lowest BCUT2D eigenvalue weighted by Crippen LogP contribution is -2.35. The van der Waals surface area contributed by atoms with Crippen molar-refractivity contribution in [3.8, 4) is 0 Å². The van der Waals surface area contributed by atoms with Gasteiger partial charge in [0.05, 0.1) is 18.3 Å². The van der Waals surface area contributed by atoms with Crippen molar-refractivity contribution < 1.29 is 4.74 Å². The Morgan fingerprint density at radius 1 is 1.69 bits per heavy atom. The molecule has 1 rings (SSSR count). The van der Waals surface area contributed by atoms with Gasteiger partial charge < -0.3 is 15.8 Å². The van der Waals surface area contributed by atoms with Crippen LogP contribution in [0.15, 0.2) is 6.20 Å². The summed E-state index contributed by atoms with van der Waals surface area (Å²) in [4.78, 5) is 4.11. The number of methoxy groups -OCH3 is 1. The molecule has 0 aliphatic heterocycles. The molecule has 0 atom stereocenters. The number of rotatable bonds is 4. The predicted octanol–water partition coefficient (Wildman–Crippen LogP) is 1.56. The topological polar surface area (TPSA) is 60.2 Å². The summed E-state index contributed by atoms with van der Waals surface area (Å²) in [6.45, 7) is 4.73. The van der Waals surface area contributed by atoms with Gasteiger partial charge in [-0.15, -0.1) is 0 Å². The highest BCUT2D eigenvalue weighted by Gasteiger charge is 2.18. The molecule has 0 aromatic carbocycles. The highest BCUT2D eigenvalue weighted by molar-refractivity contribution is 7.19. The summed E-state index contributed by atoms with van der Waals surface area (Å²) < 4.78 is 5.07. The van der Waals surface area contributed by atoms with Crippen LogP contribution in [-0.2, 0) is 4.74 Å². The predicted molar refractivity (Wildman–Crippen MR) is 56.1 cm³/mol. The molecule has 74 valence electrons. The van der Waals surface area contributed by atoms with Crippen LogP contribution in [0.4, 0.5) is 10.1 Å². The van der Waals surface area contributed by atoms with Gasteiger partial charge in [-0.05, 0) is 13.8 Å². The molecule has 0 fully saturated rings. The fourth-order valence-electron chi connectivity index (χ4n) is 1.03. The van der Waals surface area contributed by atoms with E-state index in [4.69, 9.17) is 10.5 Å². The van der Waals surface area contributed by atoms with E-state index in [1.54, 1.807) is 13.3 Å². The van der Waals surface area contributed by atoms with Crippen LogP contribution >= 0.6 is 11.3 Å². The molecule has 0 saturated carbocycles. The number of aromatic nitrogens is 1. The third-order valence-electron chi connectivity index (χ3n) is 1.47. The van der Waals surface area contributed by atoms with Crippen LogP contribution in [0.1, 0.15) is 13.8 Å². The number of thiazole rings is 1. The Balaban J connectivity index is 2.57. The zero-order chi connectivity index (χ0) is 9.90. The van der Waals surface area contributed by atoms with Gasteiger partial charge in [-0.3, -0.25) is 0 Å². The van der Waals surface area contributed by atoms with Crippen LogP contribution in [-0.4, -0.2) is 24.2 Å². The van der Waals surface area contributed by atoms with Crippen molar-refractivity contribution in [3.05, 3.63) is 6.20 Å². The van der Waals surface area contributed by atoms with Gasteiger partial charge in [0.1, 0.15) is 5.00 Å². The van der Waals surface area contributed by atoms with Crippen molar-refractivity contribution in [3.63, 3.8) is 0 Å². The van der Waals surface area contributed by atoms with Gasteiger partial charge in [-0.25, -0.2) is 4.98 Å². The van der Waals surface area contributed by atoms with E-state index in [0.717, 1.165) is 10.1 Å². The first-order valence-corrected chi connectivity index (χ1v) is 4.83. The molecule has 0 radical (unpaired) electrons. The first kappa shape index (κ1) is 10.3. The van der Waals surface area contributed by atoms with Gasteiger partial charge in [0.25, 0.3) is 0 Å². The van der Waals surface area contributed by atoms with Gasteiger partial charge in [0.15, 0.2) is 5.13 Å². The van der Waals surface area contributed by atoms with Gasteiger partial charge in [-0.1, -0.05) is 11.3 Å². The molecule has 0 bridgehead atoms. The fraction of sp³-hybridized carbons (Fsp3) is 0.625. The highest BCUT2D eigenvalue weighted by atomic mass is 32.1. The van der Waals surface area contributed by atoms with Gasteiger partial charge >= 0.3 is 0 Å². The first-order chi connectivity index (χ1) is 6.03. The summed E-state index contributed by atoms with van der Waals surface area (Å²) in [5, 5.41) is 4.79. The summed E-state index contributed by atoms with van der Waals surface area (Å²) in [5.41, 5.74) is 5.44. The van der Waals surface area contributed by atoms with Crippen molar-refractivity contribution in [2.45, 2.75) is 19.4 Å². The van der Waals surface area contributed by atoms with E-state index >= 15 is 0 Å². The van der Waals surface area contributed by atoms with E-state index in [1.165, 1.54) is 11.3 Å². The molecule has 0 saturated heterocycles. The van der Waals surface area contributed by atoms with Crippen LogP contribution in [0.25, 0.3) is 0 Å². The number of ether oxygens (including phenoxy) is 1. The molecule has 1 heterocycles. The van der Waals surface area contributed by atoms with Crippen molar-refractivity contribution in [1.82, 2.24) is 4.98 Å². The minimum absolute atomic E-state index is 0.112. The van der Waals surface area contributed by atoms with Gasteiger partial charge in [0.2, 0.25) is 0 Å². The monoisotopic (exact) mass is 201 g/mol. The largest absolute Gasteiger partial charge is 0.389 e. The Hall–Kier alpha value is -0.810. The molecule has 0 spiro atoms. The zero-order valence-corrected chi connectivity index (χ0v) is 8.94. The number of nitrogen functional groups attached to an aromatic ring is 1. The number of nitrogens with zero attached hydrogens (tertiary/aromatic N) is 1. The fourth-order valence-corrected chi connectivity index (χ4v) is 1.79. The number of nitrogens with two attached hydrogens (primary N) is 1. The van der Waals surface area contributed by atoms with Crippen LogP contribution in [0.3, 0.4) is 0 Å². The third kappa shape index (κ3) is 3.20. The molecule has 0 amide bonds. The molecular weight excluding hydrogens is 186 g/mol. The van der Waals surface area contributed by atoms with E-state index < -0.39 is 0 Å². The number of hydrogen-bond donors (Lipinski definition) is 2. The average molecular weight is 201 g/mol. The van der Waals surface area contributed by atoms with Crippen molar-refractivity contribution in [2.75, 3.05) is 24.8 Å². The number of hydrogen-bond acceptors (Lipinski definition) is 5. The maximum absolute atomic E-state index is 5.56. The molecule has 4 nitrogen and oxygen atoms in total. The van der Waals surface area contributed by atoms with Gasteiger partial charge in [0, 0.05) is 7.11 Å². The molecular formula is C8H15N3OS. The smallest absolute Gasteiger partial charge is 0.185 e. The molecule has 0 aliphatic carbocycles. The second-order valence-electron chi connectivity index (χ2n) is 3.51. The van der Waals surface area contributed by atoms with Crippen LogP contribution < -0.4 is 11.1 Å². The molecule has 0 aliphatic rings. The van der Waals surface area contributed by atoms with Crippen LogP contribution in [0.2, 0.25) is 0 Å². The van der Waals surface area contributed by atoms with Crippen molar-refractivity contribution in [2.24, 2.45) is 0 Å². The van der Waals surface area contributed by atoms with Crippen molar-refractivity contribution in [1.29, 1.82) is 0 Å². The maximum atomic E-state index is 5.56. The second kappa shape index (κ2) is 3.93. The SMILES string of the molecule is COCC(C)(C)Nc1ncc(N)s1. The van der Waals surface area contributed by atoms with E-state index in [0.29, 0.717) is 6.61 Å². The van der Waals surface area contributed by atoms with Crippen LogP contribution in [0.5, 0.6) is 0 Å². The summed E-state index contributed by atoms with van der Waals surface area (Å²) in [6.07, 6.45) is 1.65. The molecule has 13 heavy (non-hydrogen) atoms. The number of nitrogens with one attached hydrogen (secondary N) is 1. The first-order valence-electron chi connectivity index (χ1n) is 4.02. The van der Waals surface area contributed by atoms with E-state index in [9.17, 15) is 0 Å². The summed E-state index contributed by atoms with van der Waals surface area (Å²) in [6, 6.07) is 0. The molecule has 3 N–H and O–H groups in total. The summed E-state index contributed by atoms with van der Waals surface area (Å²) >= 11 is 1.44. The second-order valence-corrected chi connectivity index (χ2v) is 4.57. The molecule has 5 heteroatoms. The summed E-state index contributed by atoms with van der Waals surface area (Å²) in [5.74, 6) is 0. The van der Waals surface area contributed by atoms with E-state index in [1.807, 2.05) is 13.8 Å².